The summed E-state index contributed by atoms with van der Waals surface area (Å²) in [6.45, 7) is 9.93. The molecule has 2 heterocycles. The Morgan fingerprint density at radius 2 is 1.63 bits per heavy atom. The fourth-order valence-electron chi connectivity index (χ4n) is 4.60. The van der Waals surface area contributed by atoms with Crippen LogP contribution in [0.25, 0.3) is 0 Å². The van der Waals surface area contributed by atoms with Crippen molar-refractivity contribution in [3.8, 4) is 17.2 Å². The maximum absolute atomic E-state index is 5.85. The molecule has 1 aliphatic heterocycles. The topological polar surface area (TPSA) is 77.8 Å². The second-order valence-electron chi connectivity index (χ2n) is 9.32. The lowest BCUT2D eigenvalue weighted by molar-refractivity contribution is 0.183. The minimum absolute atomic E-state index is 0.182. The van der Waals surface area contributed by atoms with Gasteiger partial charge in [0.15, 0.2) is 17.3 Å². The van der Waals surface area contributed by atoms with E-state index in [1.165, 1.54) is 5.69 Å². The van der Waals surface area contributed by atoms with Gasteiger partial charge in [-0.3, -0.25) is 4.90 Å². The number of tetrazole rings is 1. The van der Waals surface area contributed by atoms with E-state index < -0.39 is 0 Å². The van der Waals surface area contributed by atoms with Crippen molar-refractivity contribution in [3.63, 3.8) is 0 Å². The van der Waals surface area contributed by atoms with Crippen molar-refractivity contribution in [1.29, 1.82) is 0 Å². The summed E-state index contributed by atoms with van der Waals surface area (Å²) in [4.78, 5) is 4.83. The number of ether oxygens (including phenoxy) is 3. The van der Waals surface area contributed by atoms with Crippen LogP contribution in [0.1, 0.15) is 44.6 Å². The van der Waals surface area contributed by atoms with E-state index in [4.69, 9.17) is 14.2 Å². The maximum atomic E-state index is 5.85. The normalized spacial score (nSPS) is 15.7. The van der Waals surface area contributed by atoms with Gasteiger partial charge in [0.2, 0.25) is 0 Å². The average Bonchev–Trinajstić information content (AvgIpc) is 3.39. The van der Waals surface area contributed by atoms with Gasteiger partial charge in [-0.2, -0.15) is 0 Å². The zero-order valence-corrected chi connectivity index (χ0v) is 21.6. The van der Waals surface area contributed by atoms with Crippen LogP contribution in [0, 0.1) is 0 Å². The molecule has 0 amide bonds. The van der Waals surface area contributed by atoms with Crippen LogP contribution in [0.5, 0.6) is 17.2 Å². The first-order valence-corrected chi connectivity index (χ1v) is 12.1. The summed E-state index contributed by atoms with van der Waals surface area (Å²) >= 11 is 0. The number of benzene rings is 2. The van der Waals surface area contributed by atoms with Crippen molar-refractivity contribution in [2.24, 2.45) is 0 Å². The van der Waals surface area contributed by atoms with Gasteiger partial charge in [-0.1, -0.05) is 19.1 Å². The van der Waals surface area contributed by atoms with E-state index in [1.807, 2.05) is 28.9 Å². The van der Waals surface area contributed by atoms with Gasteiger partial charge in [0, 0.05) is 37.4 Å². The molecule has 9 nitrogen and oxygen atoms in total. The molecular weight excluding hydrogens is 444 g/mol. The van der Waals surface area contributed by atoms with Crippen LogP contribution in [-0.4, -0.2) is 72.6 Å². The highest BCUT2D eigenvalue weighted by Gasteiger charge is 2.36. The highest BCUT2D eigenvalue weighted by molar-refractivity contribution is 5.51. The van der Waals surface area contributed by atoms with Crippen molar-refractivity contribution < 1.29 is 14.2 Å². The van der Waals surface area contributed by atoms with Gasteiger partial charge in [0.05, 0.1) is 26.9 Å². The molecular formula is C26H36N6O3. The first kappa shape index (κ1) is 24.8. The minimum atomic E-state index is -0.228. The van der Waals surface area contributed by atoms with E-state index in [2.05, 4.69) is 64.3 Å². The van der Waals surface area contributed by atoms with Crippen molar-refractivity contribution in [1.82, 2.24) is 25.1 Å². The van der Waals surface area contributed by atoms with Crippen LogP contribution < -0.4 is 19.1 Å². The molecule has 0 N–H and O–H groups in total. The maximum Gasteiger partial charge on any atom is 0.173 e. The third-order valence-electron chi connectivity index (χ3n) is 7.02. The SMILES string of the molecule is CCC(C)(C)n1nnnc1[C@@H](c1cccc(OC)c1OC)N1CCN(c2ccc(OC)cc2)CC1. The lowest BCUT2D eigenvalue weighted by Gasteiger charge is -2.41. The molecule has 1 aliphatic rings. The Balaban J connectivity index is 1.70. The zero-order chi connectivity index (χ0) is 25.0. The largest absolute Gasteiger partial charge is 0.497 e. The van der Waals surface area contributed by atoms with Crippen LogP contribution in [0.3, 0.4) is 0 Å². The van der Waals surface area contributed by atoms with Crippen molar-refractivity contribution in [2.75, 3.05) is 52.4 Å². The number of methoxy groups -OCH3 is 3. The van der Waals surface area contributed by atoms with E-state index >= 15 is 0 Å². The molecule has 1 aromatic heterocycles. The number of rotatable bonds is 9. The van der Waals surface area contributed by atoms with Crippen molar-refractivity contribution in [2.45, 2.75) is 38.8 Å². The third kappa shape index (κ3) is 4.91. The van der Waals surface area contributed by atoms with Gasteiger partial charge in [-0.25, -0.2) is 4.68 Å². The number of para-hydroxylation sites is 1. The summed E-state index contributed by atoms with van der Waals surface area (Å²) < 4.78 is 18.8. The number of hydrogen-bond donors (Lipinski definition) is 0. The second-order valence-corrected chi connectivity index (χ2v) is 9.32. The molecule has 9 heteroatoms. The third-order valence-corrected chi connectivity index (χ3v) is 7.02. The second kappa shape index (κ2) is 10.5. The van der Waals surface area contributed by atoms with Gasteiger partial charge in [0.25, 0.3) is 0 Å². The van der Waals surface area contributed by atoms with Crippen LogP contribution in [-0.2, 0) is 5.54 Å². The number of piperazine rings is 1. The molecule has 1 atom stereocenters. The average molecular weight is 481 g/mol. The Labute approximate surface area is 207 Å². The van der Waals surface area contributed by atoms with Crippen LogP contribution >= 0.6 is 0 Å². The van der Waals surface area contributed by atoms with Crippen molar-refractivity contribution in [3.05, 3.63) is 53.9 Å². The highest BCUT2D eigenvalue weighted by atomic mass is 16.5. The van der Waals surface area contributed by atoms with Crippen LogP contribution in [0.4, 0.5) is 5.69 Å². The first-order chi connectivity index (χ1) is 16.9. The summed E-state index contributed by atoms with van der Waals surface area (Å²) in [5.41, 5.74) is 1.96. The Kier molecular flexibility index (Phi) is 7.45. The lowest BCUT2D eigenvalue weighted by atomic mass is 9.98. The fourth-order valence-corrected chi connectivity index (χ4v) is 4.60. The lowest BCUT2D eigenvalue weighted by Crippen LogP contribution is -2.49. The number of anilines is 1. The molecule has 0 saturated carbocycles. The molecule has 0 aliphatic carbocycles. The molecule has 1 saturated heterocycles. The van der Waals surface area contributed by atoms with Gasteiger partial charge in [-0.05, 0) is 61.0 Å². The zero-order valence-electron chi connectivity index (χ0n) is 21.6. The molecule has 3 aromatic rings. The van der Waals surface area contributed by atoms with Gasteiger partial charge >= 0.3 is 0 Å². The fraction of sp³-hybridized carbons (Fsp3) is 0.500. The van der Waals surface area contributed by atoms with E-state index in [-0.39, 0.29) is 11.6 Å². The molecule has 1 fully saturated rings. The Morgan fingerprint density at radius 3 is 2.23 bits per heavy atom. The summed E-state index contributed by atoms with van der Waals surface area (Å²) in [6, 6.07) is 14.1. The Morgan fingerprint density at radius 1 is 0.914 bits per heavy atom. The first-order valence-electron chi connectivity index (χ1n) is 12.1. The molecule has 0 spiro atoms. The Bertz CT molecular complexity index is 1110. The van der Waals surface area contributed by atoms with Crippen molar-refractivity contribution >= 4 is 5.69 Å². The van der Waals surface area contributed by atoms with Crippen LogP contribution in [0.15, 0.2) is 42.5 Å². The predicted molar refractivity (Wildman–Crippen MR) is 136 cm³/mol. The summed E-state index contributed by atoms with van der Waals surface area (Å²) in [5.74, 6) is 3.08. The standard InChI is InChI=1S/C26H36N6O3/c1-7-26(2,3)32-25(27-28-29-32)23(21-9-8-10-22(34-5)24(21)35-6)31-17-15-30(16-18-31)19-11-13-20(33-4)14-12-19/h8-14,23H,7,15-18H2,1-6H3/t23-/m1/s1. The van der Waals surface area contributed by atoms with Gasteiger partial charge in [0.1, 0.15) is 11.8 Å². The number of aromatic nitrogens is 4. The molecule has 4 rings (SSSR count). The van der Waals surface area contributed by atoms with E-state index in [9.17, 15) is 0 Å². The minimum Gasteiger partial charge on any atom is -0.497 e. The Hall–Kier alpha value is -3.33. The highest BCUT2D eigenvalue weighted by Crippen LogP contribution is 2.41. The number of nitrogens with zero attached hydrogens (tertiary/aromatic N) is 6. The van der Waals surface area contributed by atoms with E-state index in [1.54, 1.807) is 21.3 Å². The van der Waals surface area contributed by atoms with Gasteiger partial charge < -0.3 is 19.1 Å². The number of hydrogen-bond acceptors (Lipinski definition) is 8. The molecule has 188 valence electrons. The van der Waals surface area contributed by atoms with Crippen LogP contribution in [0.2, 0.25) is 0 Å². The molecule has 0 bridgehead atoms. The summed E-state index contributed by atoms with van der Waals surface area (Å²) in [7, 11) is 5.03. The summed E-state index contributed by atoms with van der Waals surface area (Å²) in [5, 5.41) is 13.1. The molecule has 0 unspecified atom stereocenters. The predicted octanol–water partition coefficient (Wildman–Crippen LogP) is 3.76. The smallest absolute Gasteiger partial charge is 0.173 e. The quantitative estimate of drug-likeness (QED) is 0.458. The van der Waals surface area contributed by atoms with E-state index in [0.717, 1.165) is 49.7 Å². The molecule has 35 heavy (non-hydrogen) atoms. The monoisotopic (exact) mass is 480 g/mol. The summed E-state index contributed by atoms with van der Waals surface area (Å²) in [6.07, 6.45) is 0.901. The molecule has 2 aromatic carbocycles. The molecule has 0 radical (unpaired) electrons. The van der Waals surface area contributed by atoms with Gasteiger partial charge in [-0.15, -0.1) is 5.10 Å². The van der Waals surface area contributed by atoms with E-state index in [0.29, 0.717) is 11.5 Å².